The van der Waals surface area contributed by atoms with E-state index in [4.69, 9.17) is 0 Å². The van der Waals surface area contributed by atoms with Gasteiger partial charge < -0.3 is 14.5 Å². The maximum atomic E-state index is 13.8. The first-order valence-corrected chi connectivity index (χ1v) is 9.92. The van der Waals surface area contributed by atoms with E-state index in [2.05, 4.69) is 15.3 Å². The van der Waals surface area contributed by atoms with Crippen LogP contribution in [0.4, 0.5) is 10.1 Å². The Bertz CT molecular complexity index is 1440. The third-order valence-electron chi connectivity index (χ3n) is 5.55. The van der Waals surface area contributed by atoms with Crippen LogP contribution in [0.25, 0.3) is 21.9 Å². The molecule has 31 heavy (non-hydrogen) atoms. The van der Waals surface area contributed by atoms with Gasteiger partial charge in [0.05, 0.1) is 11.0 Å². The van der Waals surface area contributed by atoms with E-state index in [0.29, 0.717) is 23.3 Å². The van der Waals surface area contributed by atoms with Crippen molar-refractivity contribution < 1.29 is 9.18 Å². The number of pyridine rings is 1. The SMILES string of the molecule is Cc1nc2cc(NC(=O)c3cc4cc(F)ccc4n3Cc3ccncc3)ccc2n1C. The van der Waals surface area contributed by atoms with Crippen LogP contribution in [0.1, 0.15) is 21.9 Å². The van der Waals surface area contributed by atoms with Crippen molar-refractivity contribution in [3.63, 3.8) is 0 Å². The molecule has 1 amide bonds. The largest absolute Gasteiger partial charge is 0.332 e. The zero-order chi connectivity index (χ0) is 21.5. The highest BCUT2D eigenvalue weighted by Crippen LogP contribution is 2.25. The highest BCUT2D eigenvalue weighted by molar-refractivity contribution is 6.07. The molecule has 1 N–H and O–H groups in total. The number of carbonyl (C=O) groups is 1. The summed E-state index contributed by atoms with van der Waals surface area (Å²) in [5, 5.41) is 3.64. The Morgan fingerprint density at radius 2 is 1.81 bits per heavy atom. The molecule has 2 aromatic carbocycles. The molecule has 0 atom stereocenters. The number of anilines is 1. The number of hydrogen-bond acceptors (Lipinski definition) is 3. The maximum absolute atomic E-state index is 13.8. The van der Waals surface area contributed by atoms with Gasteiger partial charge in [-0.2, -0.15) is 0 Å². The van der Waals surface area contributed by atoms with Crippen LogP contribution in [0, 0.1) is 12.7 Å². The van der Waals surface area contributed by atoms with E-state index >= 15 is 0 Å². The third kappa shape index (κ3) is 3.44. The smallest absolute Gasteiger partial charge is 0.272 e. The first-order valence-electron chi connectivity index (χ1n) is 9.92. The summed E-state index contributed by atoms with van der Waals surface area (Å²) in [6.07, 6.45) is 3.43. The summed E-state index contributed by atoms with van der Waals surface area (Å²) in [6, 6.07) is 15.7. The first-order chi connectivity index (χ1) is 15.0. The molecule has 0 saturated heterocycles. The molecule has 3 heterocycles. The minimum atomic E-state index is -0.337. The van der Waals surface area contributed by atoms with Crippen molar-refractivity contribution in [3.05, 3.63) is 89.9 Å². The number of hydrogen-bond donors (Lipinski definition) is 1. The summed E-state index contributed by atoms with van der Waals surface area (Å²) in [4.78, 5) is 21.8. The second kappa shape index (κ2) is 7.36. The molecular formula is C24H20FN5O. The number of benzene rings is 2. The molecule has 6 nitrogen and oxygen atoms in total. The van der Waals surface area contributed by atoms with Gasteiger partial charge in [-0.05, 0) is 67.1 Å². The molecule has 0 aliphatic rings. The van der Waals surface area contributed by atoms with Crippen LogP contribution in [0.2, 0.25) is 0 Å². The average molecular weight is 413 g/mol. The van der Waals surface area contributed by atoms with Gasteiger partial charge in [0.2, 0.25) is 0 Å². The molecule has 0 saturated carbocycles. The van der Waals surface area contributed by atoms with Crippen LogP contribution >= 0.6 is 0 Å². The molecule has 0 unspecified atom stereocenters. The third-order valence-corrected chi connectivity index (χ3v) is 5.55. The number of rotatable bonds is 4. The fourth-order valence-electron chi connectivity index (χ4n) is 3.86. The van der Waals surface area contributed by atoms with E-state index in [-0.39, 0.29) is 11.7 Å². The Balaban J connectivity index is 1.54. The number of imidazole rings is 1. The molecule has 154 valence electrons. The predicted octanol–water partition coefficient (Wildman–Crippen LogP) is 4.67. The maximum Gasteiger partial charge on any atom is 0.272 e. The van der Waals surface area contributed by atoms with Gasteiger partial charge in [0.15, 0.2) is 0 Å². The second-order valence-corrected chi connectivity index (χ2v) is 7.55. The van der Waals surface area contributed by atoms with Crippen molar-refractivity contribution in [2.75, 3.05) is 5.32 Å². The van der Waals surface area contributed by atoms with E-state index in [1.54, 1.807) is 24.5 Å². The number of halogens is 1. The number of nitrogens with one attached hydrogen (secondary N) is 1. The lowest BCUT2D eigenvalue weighted by Crippen LogP contribution is -2.17. The Morgan fingerprint density at radius 1 is 1.03 bits per heavy atom. The van der Waals surface area contributed by atoms with Crippen LogP contribution < -0.4 is 5.32 Å². The van der Waals surface area contributed by atoms with Crippen molar-refractivity contribution in [1.82, 2.24) is 19.1 Å². The molecule has 3 aromatic heterocycles. The lowest BCUT2D eigenvalue weighted by atomic mass is 10.2. The van der Waals surface area contributed by atoms with E-state index in [1.807, 2.05) is 53.4 Å². The average Bonchev–Trinajstić information content (AvgIpc) is 3.25. The molecule has 0 bridgehead atoms. The van der Waals surface area contributed by atoms with Gasteiger partial charge in [0, 0.05) is 42.6 Å². The van der Waals surface area contributed by atoms with Gasteiger partial charge >= 0.3 is 0 Å². The Hall–Kier alpha value is -4.00. The van der Waals surface area contributed by atoms with Gasteiger partial charge in [0.25, 0.3) is 5.91 Å². The highest BCUT2D eigenvalue weighted by Gasteiger charge is 2.17. The molecule has 7 heteroatoms. The summed E-state index contributed by atoms with van der Waals surface area (Å²) in [6.45, 7) is 2.41. The zero-order valence-corrected chi connectivity index (χ0v) is 17.1. The predicted molar refractivity (Wildman–Crippen MR) is 119 cm³/mol. The molecule has 5 rings (SSSR count). The minimum absolute atomic E-state index is 0.266. The van der Waals surface area contributed by atoms with Crippen LogP contribution in [-0.4, -0.2) is 25.0 Å². The molecule has 0 aliphatic heterocycles. The van der Waals surface area contributed by atoms with E-state index in [1.165, 1.54) is 12.1 Å². The Labute approximate surface area is 178 Å². The summed E-state index contributed by atoms with van der Waals surface area (Å²) in [7, 11) is 1.96. The number of fused-ring (bicyclic) bond motifs is 2. The van der Waals surface area contributed by atoms with Crippen molar-refractivity contribution in [2.24, 2.45) is 7.05 Å². The quantitative estimate of drug-likeness (QED) is 0.466. The van der Waals surface area contributed by atoms with Gasteiger partial charge in [-0.3, -0.25) is 9.78 Å². The number of carbonyl (C=O) groups excluding carboxylic acids is 1. The molecule has 0 aliphatic carbocycles. The number of amides is 1. The van der Waals surface area contributed by atoms with Crippen molar-refractivity contribution in [3.8, 4) is 0 Å². The molecular weight excluding hydrogens is 393 g/mol. The second-order valence-electron chi connectivity index (χ2n) is 7.55. The molecule has 0 spiro atoms. The number of aromatic nitrogens is 4. The topological polar surface area (TPSA) is 64.7 Å². The van der Waals surface area contributed by atoms with Gasteiger partial charge in [-0.1, -0.05) is 0 Å². The zero-order valence-electron chi connectivity index (χ0n) is 17.1. The lowest BCUT2D eigenvalue weighted by Gasteiger charge is -2.11. The number of aryl methyl sites for hydroxylation is 2. The standard InChI is InChI=1S/C24H20FN5O/c1-15-27-20-13-19(4-6-22(20)29(15)2)28-24(31)23-12-17-11-18(25)3-5-21(17)30(23)14-16-7-9-26-10-8-16/h3-13H,14H2,1-2H3,(H,28,31). The first kappa shape index (κ1) is 19.0. The minimum Gasteiger partial charge on any atom is -0.332 e. The van der Waals surface area contributed by atoms with Gasteiger partial charge in [-0.25, -0.2) is 9.37 Å². The fourth-order valence-corrected chi connectivity index (χ4v) is 3.86. The van der Waals surface area contributed by atoms with Gasteiger partial charge in [-0.15, -0.1) is 0 Å². The van der Waals surface area contributed by atoms with Crippen LogP contribution in [0.3, 0.4) is 0 Å². The summed E-state index contributed by atoms with van der Waals surface area (Å²) in [5.41, 5.74) is 4.71. The lowest BCUT2D eigenvalue weighted by molar-refractivity contribution is 0.101. The Morgan fingerprint density at radius 3 is 2.61 bits per heavy atom. The molecule has 0 fully saturated rings. The number of nitrogens with zero attached hydrogens (tertiary/aromatic N) is 4. The van der Waals surface area contributed by atoms with Crippen molar-refractivity contribution >= 4 is 33.5 Å². The summed E-state index contributed by atoms with van der Waals surface area (Å²) in [5.74, 6) is 0.298. The van der Waals surface area contributed by atoms with Gasteiger partial charge in [0.1, 0.15) is 17.3 Å². The molecule has 0 radical (unpaired) electrons. The van der Waals surface area contributed by atoms with Crippen molar-refractivity contribution in [2.45, 2.75) is 13.5 Å². The van der Waals surface area contributed by atoms with Crippen LogP contribution in [0.15, 0.2) is 67.0 Å². The van der Waals surface area contributed by atoms with E-state index < -0.39 is 0 Å². The summed E-state index contributed by atoms with van der Waals surface area (Å²) < 4.78 is 17.7. The van der Waals surface area contributed by atoms with Crippen molar-refractivity contribution in [1.29, 1.82) is 0 Å². The molecule has 5 aromatic rings. The van der Waals surface area contributed by atoms with E-state index in [0.717, 1.165) is 27.9 Å². The fraction of sp³-hybridized carbons (Fsp3) is 0.125. The monoisotopic (exact) mass is 413 g/mol. The van der Waals surface area contributed by atoms with Crippen LogP contribution in [0.5, 0.6) is 0 Å². The highest BCUT2D eigenvalue weighted by atomic mass is 19.1. The Kier molecular flexibility index (Phi) is 4.51. The summed E-state index contributed by atoms with van der Waals surface area (Å²) >= 11 is 0. The normalized spacial score (nSPS) is 11.3. The van der Waals surface area contributed by atoms with Crippen LogP contribution in [-0.2, 0) is 13.6 Å². The van der Waals surface area contributed by atoms with E-state index in [9.17, 15) is 9.18 Å².